The van der Waals surface area contributed by atoms with Crippen LogP contribution in [0.15, 0.2) is 28.7 Å². The Morgan fingerprint density at radius 3 is 2.39 bits per heavy atom. The largest absolute Gasteiger partial charge is 0.467 e. The van der Waals surface area contributed by atoms with E-state index in [0.29, 0.717) is 19.4 Å². The van der Waals surface area contributed by atoms with E-state index in [1.54, 1.807) is 20.8 Å². The molecule has 4 nitrogen and oxygen atoms in total. The van der Waals surface area contributed by atoms with Gasteiger partial charge in [0.1, 0.15) is 5.78 Å². The van der Waals surface area contributed by atoms with Crippen molar-refractivity contribution >= 4 is 27.7 Å². The second kappa shape index (κ2) is 8.06. The molecule has 0 aliphatic rings. The lowest BCUT2D eigenvalue weighted by Gasteiger charge is -2.28. The van der Waals surface area contributed by atoms with Crippen LogP contribution in [0.5, 0.6) is 0 Å². The second-order valence-electron chi connectivity index (χ2n) is 6.35. The minimum absolute atomic E-state index is 0.114. The summed E-state index contributed by atoms with van der Waals surface area (Å²) in [6.45, 7) is 7.30. The molecule has 0 radical (unpaired) electrons. The van der Waals surface area contributed by atoms with Crippen LogP contribution in [0.3, 0.4) is 0 Å². The zero-order chi connectivity index (χ0) is 17.7. The lowest BCUT2D eigenvalue weighted by molar-refractivity contribution is -0.165. The Balaban J connectivity index is 2.72. The molecular weight excluding hydrogens is 360 g/mol. The first-order valence-corrected chi connectivity index (χ1v) is 8.42. The van der Waals surface area contributed by atoms with E-state index in [9.17, 15) is 9.59 Å². The Morgan fingerprint density at radius 2 is 1.87 bits per heavy atom. The van der Waals surface area contributed by atoms with Crippen LogP contribution in [-0.2, 0) is 24.5 Å². The first-order valence-electron chi connectivity index (χ1n) is 7.63. The van der Waals surface area contributed by atoms with Crippen molar-refractivity contribution in [2.75, 3.05) is 13.7 Å². The van der Waals surface area contributed by atoms with Gasteiger partial charge in [0.05, 0.1) is 12.5 Å². The molecule has 0 heterocycles. The van der Waals surface area contributed by atoms with Gasteiger partial charge in [0, 0.05) is 11.1 Å². The third-order valence-corrected chi connectivity index (χ3v) is 4.69. The predicted octanol–water partition coefficient (Wildman–Crippen LogP) is 4.04. The van der Waals surface area contributed by atoms with E-state index in [4.69, 9.17) is 9.47 Å². The van der Waals surface area contributed by atoms with E-state index >= 15 is 0 Å². The van der Waals surface area contributed by atoms with Gasteiger partial charge in [-0.3, -0.25) is 4.79 Å². The highest BCUT2D eigenvalue weighted by atomic mass is 79.9. The summed E-state index contributed by atoms with van der Waals surface area (Å²) in [6, 6.07) is 7.80. The van der Waals surface area contributed by atoms with Crippen LogP contribution < -0.4 is 0 Å². The van der Waals surface area contributed by atoms with Crippen LogP contribution in [0.4, 0.5) is 0 Å². The van der Waals surface area contributed by atoms with Crippen molar-refractivity contribution in [2.45, 2.75) is 51.6 Å². The quantitative estimate of drug-likeness (QED) is 0.501. The van der Waals surface area contributed by atoms with Crippen LogP contribution in [0, 0.1) is 0 Å². The molecular formula is C18H25BrO4. The van der Waals surface area contributed by atoms with E-state index in [1.807, 2.05) is 31.2 Å². The van der Waals surface area contributed by atoms with Crippen LogP contribution in [0.2, 0.25) is 0 Å². The molecule has 0 N–H and O–H groups in total. The summed E-state index contributed by atoms with van der Waals surface area (Å²) in [5, 5.41) is 0. The van der Waals surface area contributed by atoms with E-state index in [2.05, 4.69) is 15.9 Å². The molecule has 0 saturated carbocycles. The average molecular weight is 385 g/mol. The van der Waals surface area contributed by atoms with E-state index in [0.717, 1.165) is 10.0 Å². The normalized spacial score (nSPS) is 14.2. The molecule has 1 unspecified atom stereocenters. The molecule has 128 valence electrons. The topological polar surface area (TPSA) is 52.6 Å². The second-order valence-corrected chi connectivity index (χ2v) is 7.27. The first kappa shape index (κ1) is 19.8. The molecule has 1 rings (SSSR count). The van der Waals surface area contributed by atoms with Gasteiger partial charge in [-0.15, -0.1) is 0 Å². The van der Waals surface area contributed by atoms with Gasteiger partial charge in [0.2, 0.25) is 0 Å². The van der Waals surface area contributed by atoms with Gasteiger partial charge < -0.3 is 9.47 Å². The Hall–Kier alpha value is -1.20. The summed E-state index contributed by atoms with van der Waals surface area (Å²) < 4.78 is 11.3. The predicted molar refractivity (Wildman–Crippen MR) is 93.5 cm³/mol. The van der Waals surface area contributed by atoms with Gasteiger partial charge in [-0.2, -0.15) is 0 Å². The number of benzene rings is 1. The molecule has 0 aliphatic heterocycles. The van der Waals surface area contributed by atoms with Gasteiger partial charge in [-0.25, -0.2) is 4.79 Å². The van der Waals surface area contributed by atoms with Crippen molar-refractivity contribution in [3.05, 3.63) is 34.3 Å². The molecule has 1 aromatic rings. The molecule has 0 fully saturated rings. The highest BCUT2D eigenvalue weighted by Gasteiger charge is 2.33. The van der Waals surface area contributed by atoms with E-state index < -0.39 is 17.0 Å². The summed E-state index contributed by atoms with van der Waals surface area (Å²) in [4.78, 5) is 23.8. The van der Waals surface area contributed by atoms with Crippen molar-refractivity contribution in [1.82, 2.24) is 0 Å². The lowest BCUT2D eigenvalue weighted by atomic mass is 9.75. The Kier molecular flexibility index (Phi) is 6.96. The van der Waals surface area contributed by atoms with Gasteiger partial charge in [0.25, 0.3) is 0 Å². The maximum absolute atomic E-state index is 12.2. The number of hydrogen-bond acceptors (Lipinski definition) is 4. The molecule has 0 amide bonds. The SMILES string of the molecule is COC(=O)C(C)(C)OCCCC(C)(C(C)=O)c1cccc(Br)c1. The maximum atomic E-state index is 12.2. The lowest BCUT2D eigenvalue weighted by Crippen LogP contribution is -2.37. The fraction of sp³-hybridized carbons (Fsp3) is 0.556. The maximum Gasteiger partial charge on any atom is 0.337 e. The van der Waals surface area contributed by atoms with Gasteiger partial charge in [0.15, 0.2) is 5.60 Å². The molecule has 0 aromatic heterocycles. The molecule has 0 spiro atoms. The number of ketones is 1. The van der Waals surface area contributed by atoms with Crippen molar-refractivity contribution in [2.24, 2.45) is 0 Å². The monoisotopic (exact) mass is 384 g/mol. The average Bonchev–Trinajstić information content (AvgIpc) is 2.50. The third-order valence-electron chi connectivity index (χ3n) is 4.20. The van der Waals surface area contributed by atoms with Crippen molar-refractivity contribution < 1.29 is 19.1 Å². The zero-order valence-corrected chi connectivity index (χ0v) is 16.0. The smallest absolute Gasteiger partial charge is 0.337 e. The molecule has 0 bridgehead atoms. The number of halogens is 1. The Morgan fingerprint density at radius 1 is 1.22 bits per heavy atom. The molecule has 0 saturated heterocycles. The minimum Gasteiger partial charge on any atom is -0.467 e. The first-order chi connectivity index (χ1) is 10.6. The fourth-order valence-electron chi connectivity index (χ4n) is 2.41. The summed E-state index contributed by atoms with van der Waals surface area (Å²) >= 11 is 3.45. The van der Waals surface area contributed by atoms with E-state index in [-0.39, 0.29) is 5.78 Å². The number of methoxy groups -OCH3 is 1. The summed E-state index contributed by atoms with van der Waals surface area (Å²) in [5.74, 6) is -0.290. The zero-order valence-electron chi connectivity index (χ0n) is 14.4. The van der Waals surface area contributed by atoms with Gasteiger partial charge in [-0.05, 0) is 58.2 Å². The fourth-order valence-corrected chi connectivity index (χ4v) is 2.81. The number of esters is 1. The van der Waals surface area contributed by atoms with Crippen LogP contribution in [0.1, 0.15) is 46.1 Å². The number of Topliss-reactive ketones (excluding diaryl/α,β-unsaturated/α-hetero) is 1. The number of ether oxygens (including phenoxy) is 2. The highest BCUT2D eigenvalue weighted by molar-refractivity contribution is 9.10. The Labute approximate surface area is 146 Å². The van der Waals surface area contributed by atoms with Crippen LogP contribution in [0.25, 0.3) is 0 Å². The van der Waals surface area contributed by atoms with Crippen LogP contribution in [-0.4, -0.2) is 31.1 Å². The molecule has 1 atom stereocenters. The van der Waals surface area contributed by atoms with Crippen molar-refractivity contribution in [3.8, 4) is 0 Å². The highest BCUT2D eigenvalue weighted by Crippen LogP contribution is 2.32. The number of rotatable bonds is 8. The molecule has 23 heavy (non-hydrogen) atoms. The van der Waals surface area contributed by atoms with Crippen molar-refractivity contribution in [1.29, 1.82) is 0 Å². The summed E-state index contributed by atoms with van der Waals surface area (Å²) in [7, 11) is 1.34. The minimum atomic E-state index is -0.975. The van der Waals surface area contributed by atoms with Crippen molar-refractivity contribution in [3.63, 3.8) is 0 Å². The summed E-state index contributed by atoms with van der Waals surface area (Å²) in [6.07, 6.45) is 1.32. The molecule has 5 heteroatoms. The Bertz CT molecular complexity index is 568. The van der Waals surface area contributed by atoms with E-state index in [1.165, 1.54) is 7.11 Å². The third kappa shape index (κ3) is 5.15. The number of carbonyl (C=O) groups excluding carboxylic acids is 2. The summed E-state index contributed by atoms with van der Waals surface area (Å²) in [5.41, 5.74) is -0.564. The molecule has 1 aromatic carbocycles. The van der Waals surface area contributed by atoms with Crippen LogP contribution >= 0.6 is 15.9 Å². The number of hydrogen-bond donors (Lipinski definition) is 0. The molecule has 0 aliphatic carbocycles. The van der Waals surface area contributed by atoms with Gasteiger partial charge in [-0.1, -0.05) is 28.1 Å². The van der Waals surface area contributed by atoms with Gasteiger partial charge >= 0.3 is 5.97 Å². The standard InChI is InChI=1S/C18H25BrO4/c1-13(20)18(4,14-8-6-9-15(19)12-14)10-7-11-23-17(2,3)16(21)22-5/h6,8-9,12H,7,10-11H2,1-5H3. The number of carbonyl (C=O) groups is 2.